The molecular weight excluding hydrogens is 148 g/mol. The highest BCUT2D eigenvalue weighted by Crippen LogP contribution is 2.24. The molecule has 4 nitrogen and oxygen atoms in total. The normalized spacial score (nSPS) is 52.6. The highest BCUT2D eigenvalue weighted by atomic mass is 16.5. The number of hydrogen-bond donors (Lipinski definition) is 3. The maximum Gasteiger partial charge on any atom is 0.118 e. The standard InChI is InChI=1S/C7H14O4/c1-4-6(9)7(2,10)5(8)3-11-4/h4-6,8-10H,3H2,1-2H3/t4?,5?,6-,7?/m1/s1. The van der Waals surface area contributed by atoms with Gasteiger partial charge in [-0.1, -0.05) is 0 Å². The Morgan fingerprint density at radius 2 is 2.00 bits per heavy atom. The fourth-order valence-corrected chi connectivity index (χ4v) is 1.18. The van der Waals surface area contributed by atoms with E-state index in [0.29, 0.717) is 0 Å². The molecule has 4 heteroatoms. The molecule has 0 aromatic carbocycles. The Labute approximate surface area is 65.4 Å². The van der Waals surface area contributed by atoms with E-state index >= 15 is 0 Å². The second-order valence-corrected chi connectivity index (χ2v) is 3.22. The first-order chi connectivity index (χ1) is 4.96. The molecule has 3 N–H and O–H groups in total. The Morgan fingerprint density at radius 3 is 2.45 bits per heavy atom. The molecule has 0 bridgehead atoms. The molecule has 1 aliphatic rings. The number of aliphatic hydroxyl groups is 3. The molecule has 0 aromatic heterocycles. The van der Waals surface area contributed by atoms with E-state index in [2.05, 4.69) is 0 Å². The molecule has 0 saturated carbocycles. The third kappa shape index (κ3) is 1.39. The summed E-state index contributed by atoms with van der Waals surface area (Å²) in [5.74, 6) is 0. The third-order valence-electron chi connectivity index (χ3n) is 2.24. The summed E-state index contributed by atoms with van der Waals surface area (Å²) in [6.07, 6.45) is -2.45. The lowest BCUT2D eigenvalue weighted by Crippen LogP contribution is -2.60. The van der Waals surface area contributed by atoms with Gasteiger partial charge in [-0.3, -0.25) is 0 Å². The summed E-state index contributed by atoms with van der Waals surface area (Å²) in [5, 5.41) is 28.0. The van der Waals surface area contributed by atoms with E-state index in [1.165, 1.54) is 6.92 Å². The monoisotopic (exact) mass is 162 g/mol. The zero-order valence-electron chi connectivity index (χ0n) is 6.69. The van der Waals surface area contributed by atoms with Gasteiger partial charge in [0.2, 0.25) is 0 Å². The van der Waals surface area contributed by atoms with Gasteiger partial charge in [0, 0.05) is 0 Å². The number of ether oxygens (including phenoxy) is 1. The first kappa shape index (κ1) is 8.93. The smallest absolute Gasteiger partial charge is 0.118 e. The van der Waals surface area contributed by atoms with Crippen LogP contribution in [0.4, 0.5) is 0 Å². The predicted octanol–water partition coefficient (Wildman–Crippen LogP) is -1.12. The van der Waals surface area contributed by atoms with Crippen molar-refractivity contribution in [3.05, 3.63) is 0 Å². The van der Waals surface area contributed by atoms with Gasteiger partial charge in [-0.25, -0.2) is 0 Å². The van der Waals surface area contributed by atoms with E-state index < -0.39 is 23.9 Å². The summed E-state index contributed by atoms with van der Waals surface area (Å²) in [5.41, 5.74) is -1.45. The lowest BCUT2D eigenvalue weighted by Gasteiger charge is -2.41. The van der Waals surface area contributed by atoms with Gasteiger partial charge in [0.25, 0.3) is 0 Å². The Bertz CT molecular complexity index is 145. The van der Waals surface area contributed by atoms with E-state index in [1.54, 1.807) is 6.92 Å². The fraction of sp³-hybridized carbons (Fsp3) is 1.00. The Balaban J connectivity index is 2.72. The van der Waals surface area contributed by atoms with Crippen LogP contribution in [0.2, 0.25) is 0 Å². The molecule has 0 spiro atoms. The molecule has 4 atom stereocenters. The number of aliphatic hydroxyl groups excluding tert-OH is 2. The molecule has 1 fully saturated rings. The molecule has 1 saturated heterocycles. The highest BCUT2D eigenvalue weighted by molar-refractivity contribution is 4.95. The Morgan fingerprint density at radius 1 is 1.45 bits per heavy atom. The van der Waals surface area contributed by atoms with Gasteiger partial charge in [-0.2, -0.15) is 0 Å². The minimum absolute atomic E-state index is 0.0746. The number of rotatable bonds is 0. The van der Waals surface area contributed by atoms with Gasteiger partial charge in [-0.05, 0) is 13.8 Å². The zero-order chi connectivity index (χ0) is 8.65. The minimum Gasteiger partial charge on any atom is -0.388 e. The maximum absolute atomic E-state index is 9.50. The zero-order valence-corrected chi connectivity index (χ0v) is 6.69. The van der Waals surface area contributed by atoms with Gasteiger partial charge in [-0.15, -0.1) is 0 Å². The van der Waals surface area contributed by atoms with E-state index in [4.69, 9.17) is 4.74 Å². The van der Waals surface area contributed by atoms with Crippen molar-refractivity contribution >= 4 is 0 Å². The van der Waals surface area contributed by atoms with Crippen LogP contribution in [-0.2, 0) is 4.74 Å². The third-order valence-corrected chi connectivity index (χ3v) is 2.24. The molecule has 0 amide bonds. The molecular formula is C7H14O4. The average molecular weight is 162 g/mol. The van der Waals surface area contributed by atoms with Crippen molar-refractivity contribution in [1.82, 2.24) is 0 Å². The fourth-order valence-electron chi connectivity index (χ4n) is 1.18. The Kier molecular flexibility index (Phi) is 2.20. The van der Waals surface area contributed by atoms with Crippen LogP contribution in [0.5, 0.6) is 0 Å². The van der Waals surface area contributed by atoms with Gasteiger partial charge in [0.05, 0.1) is 12.7 Å². The van der Waals surface area contributed by atoms with Crippen LogP contribution in [0, 0.1) is 0 Å². The molecule has 3 unspecified atom stereocenters. The Hall–Kier alpha value is -0.160. The molecule has 11 heavy (non-hydrogen) atoms. The average Bonchev–Trinajstić information content (AvgIpc) is 1.95. The lowest BCUT2D eigenvalue weighted by molar-refractivity contribution is -0.229. The molecule has 1 rings (SSSR count). The maximum atomic E-state index is 9.50. The number of hydrogen-bond acceptors (Lipinski definition) is 4. The van der Waals surface area contributed by atoms with E-state index in [9.17, 15) is 15.3 Å². The first-order valence-electron chi connectivity index (χ1n) is 3.66. The lowest BCUT2D eigenvalue weighted by atomic mass is 9.87. The van der Waals surface area contributed by atoms with Crippen LogP contribution in [0.1, 0.15) is 13.8 Å². The van der Waals surface area contributed by atoms with Crippen molar-refractivity contribution in [3.8, 4) is 0 Å². The predicted molar refractivity (Wildman–Crippen MR) is 38.1 cm³/mol. The van der Waals surface area contributed by atoms with Crippen molar-refractivity contribution in [1.29, 1.82) is 0 Å². The summed E-state index contributed by atoms with van der Waals surface area (Å²) >= 11 is 0. The summed E-state index contributed by atoms with van der Waals surface area (Å²) in [6, 6.07) is 0. The molecule has 1 heterocycles. The summed E-state index contributed by atoms with van der Waals surface area (Å²) in [6.45, 7) is 3.14. The topological polar surface area (TPSA) is 69.9 Å². The van der Waals surface area contributed by atoms with Crippen LogP contribution in [0.15, 0.2) is 0 Å². The molecule has 0 radical (unpaired) electrons. The van der Waals surface area contributed by atoms with Gasteiger partial charge in [0.1, 0.15) is 17.8 Å². The van der Waals surface area contributed by atoms with Crippen LogP contribution in [0.3, 0.4) is 0 Å². The quantitative estimate of drug-likeness (QED) is 0.422. The SMILES string of the molecule is CC1OCC(O)C(C)(O)[C@@H]1O. The van der Waals surface area contributed by atoms with Crippen LogP contribution in [-0.4, -0.2) is 45.8 Å². The first-order valence-corrected chi connectivity index (χ1v) is 3.66. The minimum atomic E-state index is -1.45. The summed E-state index contributed by atoms with van der Waals surface area (Å²) in [7, 11) is 0. The van der Waals surface area contributed by atoms with Gasteiger partial charge >= 0.3 is 0 Å². The van der Waals surface area contributed by atoms with E-state index in [-0.39, 0.29) is 6.61 Å². The van der Waals surface area contributed by atoms with Crippen LogP contribution >= 0.6 is 0 Å². The second-order valence-electron chi connectivity index (χ2n) is 3.22. The van der Waals surface area contributed by atoms with Crippen molar-refractivity contribution in [2.45, 2.75) is 37.8 Å². The van der Waals surface area contributed by atoms with Crippen molar-refractivity contribution < 1.29 is 20.1 Å². The molecule has 0 aliphatic carbocycles. The van der Waals surface area contributed by atoms with E-state index in [1.807, 2.05) is 0 Å². The summed E-state index contributed by atoms with van der Waals surface area (Å²) in [4.78, 5) is 0. The van der Waals surface area contributed by atoms with Gasteiger partial charge in [0.15, 0.2) is 0 Å². The second kappa shape index (κ2) is 2.71. The molecule has 66 valence electrons. The van der Waals surface area contributed by atoms with Crippen molar-refractivity contribution in [3.63, 3.8) is 0 Å². The largest absolute Gasteiger partial charge is 0.388 e. The highest BCUT2D eigenvalue weighted by Gasteiger charge is 2.45. The van der Waals surface area contributed by atoms with E-state index in [0.717, 1.165) is 0 Å². The van der Waals surface area contributed by atoms with Crippen molar-refractivity contribution in [2.24, 2.45) is 0 Å². The molecule has 1 aliphatic heterocycles. The van der Waals surface area contributed by atoms with Crippen LogP contribution < -0.4 is 0 Å². The van der Waals surface area contributed by atoms with Crippen molar-refractivity contribution in [2.75, 3.05) is 6.61 Å². The summed E-state index contributed by atoms with van der Waals surface area (Å²) < 4.78 is 4.98. The molecule has 0 aromatic rings. The van der Waals surface area contributed by atoms with Crippen LogP contribution in [0.25, 0.3) is 0 Å². The van der Waals surface area contributed by atoms with Gasteiger partial charge < -0.3 is 20.1 Å².